The molecule has 3 rings (SSSR count). The number of hydrogen-bond acceptors (Lipinski definition) is 3. The van der Waals surface area contributed by atoms with Gasteiger partial charge in [0.1, 0.15) is 0 Å². The average molecular weight is 297 g/mol. The Labute approximate surface area is 134 Å². The third-order valence-electron chi connectivity index (χ3n) is 5.53. The van der Waals surface area contributed by atoms with E-state index in [9.17, 15) is 5.26 Å². The van der Waals surface area contributed by atoms with Crippen LogP contribution >= 0.6 is 0 Å². The number of nitrogens with zero attached hydrogens (tertiary/aromatic N) is 2. The molecular weight excluding hydrogens is 270 g/mol. The van der Waals surface area contributed by atoms with E-state index in [1.807, 2.05) is 6.92 Å². The van der Waals surface area contributed by atoms with Crippen molar-refractivity contribution in [3.05, 3.63) is 34.4 Å². The van der Waals surface area contributed by atoms with Gasteiger partial charge in [-0.1, -0.05) is 25.3 Å². The second kappa shape index (κ2) is 6.40. The lowest BCUT2D eigenvalue weighted by atomic mass is 9.80. The molecule has 1 aromatic rings. The van der Waals surface area contributed by atoms with Crippen molar-refractivity contribution in [2.45, 2.75) is 64.0 Å². The van der Waals surface area contributed by atoms with Crippen molar-refractivity contribution in [3.8, 4) is 6.07 Å². The van der Waals surface area contributed by atoms with Crippen molar-refractivity contribution in [3.63, 3.8) is 0 Å². The van der Waals surface area contributed by atoms with Gasteiger partial charge in [0, 0.05) is 25.2 Å². The first-order valence-corrected chi connectivity index (χ1v) is 8.63. The third kappa shape index (κ3) is 3.34. The smallest absolute Gasteiger partial charge is 0.0994 e. The fourth-order valence-corrected chi connectivity index (χ4v) is 3.99. The first-order valence-electron chi connectivity index (χ1n) is 8.63. The van der Waals surface area contributed by atoms with Crippen molar-refractivity contribution < 1.29 is 0 Å². The van der Waals surface area contributed by atoms with Crippen LogP contribution in [-0.2, 0) is 13.0 Å². The molecule has 2 N–H and O–H groups in total. The zero-order chi connectivity index (χ0) is 15.6. The van der Waals surface area contributed by atoms with Crippen LogP contribution in [0.5, 0.6) is 0 Å². The number of hydrogen-bond donors (Lipinski definition) is 1. The van der Waals surface area contributed by atoms with Crippen LogP contribution in [0.1, 0.15) is 60.8 Å². The number of benzene rings is 1. The molecule has 0 saturated heterocycles. The maximum atomic E-state index is 9.21. The molecule has 0 atom stereocenters. The molecule has 1 aliphatic heterocycles. The summed E-state index contributed by atoms with van der Waals surface area (Å²) in [5.41, 5.74) is 11.3. The Balaban J connectivity index is 1.63. The number of nitriles is 1. The van der Waals surface area contributed by atoms with Gasteiger partial charge in [-0.3, -0.25) is 4.90 Å². The van der Waals surface area contributed by atoms with Crippen molar-refractivity contribution in [1.29, 1.82) is 5.26 Å². The van der Waals surface area contributed by atoms with Gasteiger partial charge in [0.25, 0.3) is 0 Å². The minimum Gasteiger partial charge on any atom is -0.325 e. The first-order chi connectivity index (χ1) is 10.6. The van der Waals surface area contributed by atoms with E-state index in [0.29, 0.717) is 0 Å². The fourth-order valence-electron chi connectivity index (χ4n) is 3.99. The molecule has 22 heavy (non-hydrogen) atoms. The van der Waals surface area contributed by atoms with E-state index >= 15 is 0 Å². The summed E-state index contributed by atoms with van der Waals surface area (Å²) in [6, 6.07) is 6.61. The average Bonchev–Trinajstić information content (AvgIpc) is 2.53. The fraction of sp³-hybridized carbons (Fsp3) is 0.632. The summed E-state index contributed by atoms with van der Waals surface area (Å²) in [4.78, 5) is 2.52. The molecule has 118 valence electrons. The zero-order valence-corrected chi connectivity index (χ0v) is 13.7. The van der Waals surface area contributed by atoms with Crippen LogP contribution in [-0.4, -0.2) is 23.5 Å². The summed E-state index contributed by atoms with van der Waals surface area (Å²) in [6.07, 6.45) is 8.53. The summed E-state index contributed by atoms with van der Waals surface area (Å²) < 4.78 is 0. The number of rotatable bonds is 3. The van der Waals surface area contributed by atoms with Crippen LogP contribution in [0.3, 0.4) is 0 Å². The van der Waals surface area contributed by atoms with Crippen LogP contribution in [0.2, 0.25) is 0 Å². The number of fused-ring (bicyclic) bond motifs is 1. The first kappa shape index (κ1) is 15.5. The standard InChI is InChI=1S/C19H27N3/c1-15-11-16-5-9-22(14-18(16)12-17(15)13-20)10-8-19(21)6-3-2-4-7-19/h11-12H,2-10,14,21H2,1H3. The van der Waals surface area contributed by atoms with Gasteiger partial charge in [-0.2, -0.15) is 5.26 Å². The van der Waals surface area contributed by atoms with Crippen molar-refractivity contribution >= 4 is 0 Å². The van der Waals surface area contributed by atoms with E-state index < -0.39 is 0 Å². The van der Waals surface area contributed by atoms with Gasteiger partial charge in [-0.25, -0.2) is 0 Å². The molecule has 3 nitrogen and oxygen atoms in total. The highest BCUT2D eigenvalue weighted by Gasteiger charge is 2.28. The Morgan fingerprint density at radius 2 is 2.00 bits per heavy atom. The maximum Gasteiger partial charge on any atom is 0.0994 e. The summed E-state index contributed by atoms with van der Waals surface area (Å²) in [6.45, 7) is 5.22. The molecule has 0 spiro atoms. The van der Waals surface area contributed by atoms with Crippen LogP contribution in [0.15, 0.2) is 12.1 Å². The van der Waals surface area contributed by atoms with E-state index in [4.69, 9.17) is 5.73 Å². The van der Waals surface area contributed by atoms with Gasteiger partial charge in [0.05, 0.1) is 11.6 Å². The second-order valence-corrected chi connectivity index (χ2v) is 7.25. The van der Waals surface area contributed by atoms with Gasteiger partial charge in [-0.05, 0) is 55.4 Å². The zero-order valence-electron chi connectivity index (χ0n) is 13.7. The Bertz CT molecular complexity index is 579. The van der Waals surface area contributed by atoms with Gasteiger partial charge in [0.15, 0.2) is 0 Å². The SMILES string of the molecule is Cc1cc2c(cc1C#N)CN(CCC1(N)CCCCC1)CC2. The topological polar surface area (TPSA) is 53.0 Å². The lowest BCUT2D eigenvalue weighted by Crippen LogP contribution is -2.45. The summed E-state index contributed by atoms with van der Waals surface area (Å²) >= 11 is 0. The molecule has 2 aliphatic rings. The molecule has 0 aromatic heterocycles. The van der Waals surface area contributed by atoms with Crippen molar-refractivity contribution in [2.75, 3.05) is 13.1 Å². The number of aryl methyl sites for hydroxylation is 1. The molecular formula is C19H27N3. The van der Waals surface area contributed by atoms with Gasteiger partial charge in [0.2, 0.25) is 0 Å². The van der Waals surface area contributed by atoms with Crippen molar-refractivity contribution in [1.82, 2.24) is 4.90 Å². The van der Waals surface area contributed by atoms with E-state index in [2.05, 4.69) is 23.1 Å². The second-order valence-electron chi connectivity index (χ2n) is 7.25. The molecule has 0 unspecified atom stereocenters. The molecule has 1 aliphatic carbocycles. The number of nitrogens with two attached hydrogens (primary N) is 1. The van der Waals surface area contributed by atoms with Gasteiger partial charge < -0.3 is 5.73 Å². The highest BCUT2D eigenvalue weighted by Crippen LogP contribution is 2.30. The Kier molecular flexibility index (Phi) is 4.52. The predicted molar refractivity (Wildman–Crippen MR) is 89.5 cm³/mol. The van der Waals surface area contributed by atoms with Gasteiger partial charge >= 0.3 is 0 Å². The largest absolute Gasteiger partial charge is 0.325 e. The van der Waals surface area contributed by atoms with Crippen molar-refractivity contribution in [2.24, 2.45) is 5.73 Å². The Morgan fingerprint density at radius 1 is 1.23 bits per heavy atom. The third-order valence-corrected chi connectivity index (χ3v) is 5.53. The predicted octanol–water partition coefficient (Wildman–Crippen LogP) is 3.28. The molecule has 0 bridgehead atoms. The highest BCUT2D eigenvalue weighted by atomic mass is 15.1. The molecule has 3 heteroatoms. The summed E-state index contributed by atoms with van der Waals surface area (Å²) in [5.74, 6) is 0. The molecule has 1 aromatic carbocycles. The van der Waals surface area contributed by atoms with Crippen LogP contribution in [0.25, 0.3) is 0 Å². The summed E-state index contributed by atoms with van der Waals surface area (Å²) in [5, 5.41) is 9.21. The monoisotopic (exact) mass is 297 g/mol. The molecule has 1 fully saturated rings. The van der Waals surface area contributed by atoms with E-state index in [1.54, 1.807) is 0 Å². The summed E-state index contributed by atoms with van der Waals surface area (Å²) in [7, 11) is 0. The van der Waals surface area contributed by atoms with E-state index in [-0.39, 0.29) is 5.54 Å². The van der Waals surface area contributed by atoms with E-state index in [0.717, 1.165) is 43.6 Å². The normalized spacial score (nSPS) is 21.1. The quantitative estimate of drug-likeness (QED) is 0.931. The van der Waals surface area contributed by atoms with Crippen LogP contribution in [0.4, 0.5) is 0 Å². The van der Waals surface area contributed by atoms with Crippen LogP contribution < -0.4 is 5.73 Å². The lowest BCUT2D eigenvalue weighted by Gasteiger charge is -2.37. The Hall–Kier alpha value is -1.37. The minimum absolute atomic E-state index is 0.0730. The minimum atomic E-state index is 0.0730. The molecule has 1 heterocycles. The van der Waals surface area contributed by atoms with E-state index in [1.165, 1.54) is 43.2 Å². The molecule has 0 radical (unpaired) electrons. The lowest BCUT2D eigenvalue weighted by molar-refractivity contribution is 0.197. The van der Waals surface area contributed by atoms with Gasteiger partial charge in [-0.15, -0.1) is 0 Å². The Morgan fingerprint density at radius 3 is 2.73 bits per heavy atom. The maximum absolute atomic E-state index is 9.21. The molecule has 1 saturated carbocycles. The van der Waals surface area contributed by atoms with Crippen LogP contribution in [0, 0.1) is 18.3 Å². The molecule has 0 amide bonds. The highest BCUT2D eigenvalue weighted by molar-refractivity contribution is 5.45.